The lowest BCUT2D eigenvalue weighted by atomic mass is 10.2. The zero-order valence-corrected chi connectivity index (χ0v) is 11.7. The normalized spacial score (nSPS) is 10.6. The molecule has 0 spiro atoms. The summed E-state index contributed by atoms with van der Waals surface area (Å²) in [5.41, 5.74) is 2.34. The number of rotatable bonds is 1. The molecule has 19 heavy (non-hydrogen) atoms. The van der Waals surface area contributed by atoms with Crippen LogP contribution in [0, 0.1) is 18.3 Å². The highest BCUT2D eigenvalue weighted by Gasteiger charge is 2.08. The predicted octanol–water partition coefficient (Wildman–Crippen LogP) is 3.36. The maximum absolute atomic E-state index is 9.03. The Kier molecular flexibility index (Phi) is 2.80. The van der Waals surface area contributed by atoms with Gasteiger partial charge in [-0.3, -0.25) is 0 Å². The van der Waals surface area contributed by atoms with Gasteiger partial charge in [0.05, 0.1) is 23.3 Å². The second-order valence-corrected chi connectivity index (χ2v) is 5.14. The lowest BCUT2D eigenvalue weighted by molar-refractivity contribution is 0.866. The van der Waals surface area contributed by atoms with Crippen molar-refractivity contribution in [1.29, 1.82) is 5.26 Å². The zero-order chi connectivity index (χ0) is 13.4. The quantitative estimate of drug-likeness (QED) is 0.692. The summed E-state index contributed by atoms with van der Waals surface area (Å²) in [6.07, 6.45) is 1.79. The predicted molar refractivity (Wildman–Crippen MR) is 76.0 cm³/mol. The number of benzene rings is 1. The van der Waals surface area contributed by atoms with Crippen LogP contribution in [-0.4, -0.2) is 14.8 Å². The molecule has 0 N–H and O–H groups in total. The Balaban J connectivity index is 2.27. The molecule has 0 atom stereocenters. The molecule has 2 aromatic heterocycles. The van der Waals surface area contributed by atoms with Crippen molar-refractivity contribution in [3.63, 3.8) is 0 Å². The van der Waals surface area contributed by atoms with Crippen LogP contribution in [0.15, 0.2) is 41.0 Å². The van der Waals surface area contributed by atoms with Gasteiger partial charge in [0, 0.05) is 21.6 Å². The second kappa shape index (κ2) is 4.48. The number of hydrogen-bond acceptors (Lipinski definition) is 3. The Hall–Kier alpha value is -2.19. The molecule has 2 heterocycles. The second-order valence-electron chi connectivity index (χ2n) is 4.23. The Bertz CT molecular complexity index is 814. The minimum atomic E-state index is 0.584. The van der Waals surface area contributed by atoms with Gasteiger partial charge in [-0.05, 0) is 25.1 Å². The van der Waals surface area contributed by atoms with Crippen molar-refractivity contribution in [2.75, 3.05) is 0 Å². The van der Waals surface area contributed by atoms with E-state index >= 15 is 0 Å². The Morgan fingerprint density at radius 3 is 2.89 bits per heavy atom. The SMILES string of the molecule is Cc1cc(C#N)cc(-n2ncc3ccc(Br)cc32)n1. The molecule has 0 fully saturated rings. The van der Waals surface area contributed by atoms with Crippen LogP contribution in [-0.2, 0) is 0 Å². The molecule has 4 nitrogen and oxygen atoms in total. The van der Waals surface area contributed by atoms with Crippen LogP contribution in [0.5, 0.6) is 0 Å². The molecule has 0 amide bonds. The maximum atomic E-state index is 9.03. The van der Waals surface area contributed by atoms with E-state index in [0.29, 0.717) is 11.4 Å². The summed E-state index contributed by atoms with van der Waals surface area (Å²) in [5, 5.41) is 14.4. The first-order valence-electron chi connectivity index (χ1n) is 5.70. The number of aryl methyl sites for hydroxylation is 1. The average Bonchev–Trinajstić information content (AvgIpc) is 2.80. The minimum absolute atomic E-state index is 0.584. The van der Waals surface area contributed by atoms with Crippen LogP contribution in [0.1, 0.15) is 11.3 Å². The first-order valence-corrected chi connectivity index (χ1v) is 6.49. The molecule has 0 bridgehead atoms. The fourth-order valence-corrected chi connectivity index (χ4v) is 2.35. The molecule has 0 radical (unpaired) electrons. The fourth-order valence-electron chi connectivity index (χ4n) is 2.00. The van der Waals surface area contributed by atoms with Gasteiger partial charge >= 0.3 is 0 Å². The third-order valence-electron chi connectivity index (χ3n) is 2.82. The van der Waals surface area contributed by atoms with Crippen LogP contribution >= 0.6 is 15.9 Å². The van der Waals surface area contributed by atoms with Crippen LogP contribution in [0.3, 0.4) is 0 Å². The number of halogens is 1. The summed E-state index contributed by atoms with van der Waals surface area (Å²) >= 11 is 3.45. The van der Waals surface area contributed by atoms with Gasteiger partial charge in [-0.25, -0.2) is 9.67 Å². The highest BCUT2D eigenvalue weighted by atomic mass is 79.9. The lowest BCUT2D eigenvalue weighted by Gasteiger charge is -2.04. The Labute approximate surface area is 118 Å². The van der Waals surface area contributed by atoms with Gasteiger partial charge in [-0.2, -0.15) is 10.4 Å². The van der Waals surface area contributed by atoms with Crippen molar-refractivity contribution >= 4 is 26.8 Å². The molecule has 0 aliphatic carbocycles. The smallest absolute Gasteiger partial charge is 0.155 e. The largest absolute Gasteiger partial charge is 0.234 e. The average molecular weight is 313 g/mol. The van der Waals surface area contributed by atoms with Crippen LogP contribution in [0.4, 0.5) is 0 Å². The van der Waals surface area contributed by atoms with Gasteiger partial charge in [0.25, 0.3) is 0 Å². The fraction of sp³-hybridized carbons (Fsp3) is 0.0714. The van der Waals surface area contributed by atoms with E-state index in [1.807, 2.05) is 25.1 Å². The lowest BCUT2D eigenvalue weighted by Crippen LogP contribution is -2.01. The molecule has 3 aromatic rings. The zero-order valence-electron chi connectivity index (χ0n) is 10.1. The number of hydrogen-bond donors (Lipinski definition) is 0. The molecule has 0 aliphatic heterocycles. The molecule has 0 unspecified atom stereocenters. The van der Waals surface area contributed by atoms with Crippen molar-refractivity contribution < 1.29 is 0 Å². The van der Waals surface area contributed by atoms with Crippen LogP contribution < -0.4 is 0 Å². The van der Waals surface area contributed by atoms with Gasteiger partial charge in [-0.1, -0.05) is 22.0 Å². The van der Waals surface area contributed by atoms with Gasteiger partial charge in [-0.15, -0.1) is 0 Å². The van der Waals surface area contributed by atoms with E-state index in [-0.39, 0.29) is 0 Å². The van der Waals surface area contributed by atoms with Crippen molar-refractivity contribution in [1.82, 2.24) is 14.8 Å². The summed E-state index contributed by atoms with van der Waals surface area (Å²) in [5.74, 6) is 0.657. The number of nitriles is 1. The summed E-state index contributed by atoms with van der Waals surface area (Å²) in [6.45, 7) is 1.87. The van der Waals surface area contributed by atoms with Gasteiger partial charge in [0.2, 0.25) is 0 Å². The third kappa shape index (κ3) is 2.11. The Morgan fingerprint density at radius 2 is 2.11 bits per heavy atom. The molecule has 5 heteroatoms. The summed E-state index contributed by atoms with van der Waals surface area (Å²) < 4.78 is 2.73. The van der Waals surface area contributed by atoms with Crippen molar-refractivity contribution in [3.8, 4) is 11.9 Å². The van der Waals surface area contributed by atoms with E-state index < -0.39 is 0 Å². The highest BCUT2D eigenvalue weighted by molar-refractivity contribution is 9.10. The maximum Gasteiger partial charge on any atom is 0.155 e. The summed E-state index contributed by atoms with van der Waals surface area (Å²) in [7, 11) is 0. The Morgan fingerprint density at radius 1 is 1.26 bits per heavy atom. The van der Waals surface area contributed by atoms with Gasteiger partial charge in [0.1, 0.15) is 0 Å². The minimum Gasteiger partial charge on any atom is -0.234 e. The highest BCUT2D eigenvalue weighted by Crippen LogP contribution is 2.22. The van der Waals surface area contributed by atoms with E-state index in [2.05, 4.69) is 32.1 Å². The van der Waals surface area contributed by atoms with Crippen molar-refractivity contribution in [2.24, 2.45) is 0 Å². The van der Waals surface area contributed by atoms with E-state index in [1.54, 1.807) is 23.0 Å². The first-order chi connectivity index (χ1) is 9.17. The third-order valence-corrected chi connectivity index (χ3v) is 3.31. The number of nitrogens with zero attached hydrogens (tertiary/aromatic N) is 4. The van der Waals surface area contributed by atoms with E-state index in [9.17, 15) is 0 Å². The van der Waals surface area contributed by atoms with Gasteiger partial charge in [0.15, 0.2) is 5.82 Å². The van der Waals surface area contributed by atoms with Crippen molar-refractivity contribution in [3.05, 3.63) is 52.3 Å². The number of pyridine rings is 1. The summed E-state index contributed by atoms with van der Waals surface area (Å²) in [4.78, 5) is 4.44. The number of fused-ring (bicyclic) bond motifs is 1. The molecule has 0 aliphatic rings. The summed E-state index contributed by atoms with van der Waals surface area (Å²) in [6, 6.07) is 11.6. The standard InChI is InChI=1S/C14H9BrN4/c1-9-4-10(7-16)5-14(18-9)19-13-6-12(15)3-2-11(13)8-17-19/h2-6,8H,1H3. The van der Waals surface area contributed by atoms with Crippen LogP contribution in [0.2, 0.25) is 0 Å². The monoisotopic (exact) mass is 312 g/mol. The molecular weight excluding hydrogens is 304 g/mol. The molecule has 3 rings (SSSR count). The van der Waals surface area contributed by atoms with Gasteiger partial charge < -0.3 is 0 Å². The molecule has 0 saturated heterocycles. The molecule has 1 aromatic carbocycles. The van der Waals surface area contributed by atoms with E-state index in [1.165, 1.54) is 0 Å². The van der Waals surface area contributed by atoms with Crippen molar-refractivity contribution in [2.45, 2.75) is 6.92 Å². The van der Waals surface area contributed by atoms with E-state index in [0.717, 1.165) is 21.1 Å². The topological polar surface area (TPSA) is 54.5 Å². The number of aromatic nitrogens is 3. The van der Waals surface area contributed by atoms with E-state index in [4.69, 9.17) is 5.26 Å². The molecular formula is C14H9BrN4. The molecule has 92 valence electrons. The first kappa shape index (κ1) is 11.9. The molecule has 0 saturated carbocycles. The van der Waals surface area contributed by atoms with Crippen LogP contribution in [0.25, 0.3) is 16.7 Å².